The van der Waals surface area contributed by atoms with Crippen LogP contribution in [0.1, 0.15) is 44.5 Å². The number of halogens is 1. The Bertz CT molecular complexity index is 907. The first-order valence-corrected chi connectivity index (χ1v) is 10.3. The molecule has 0 saturated heterocycles. The van der Waals surface area contributed by atoms with E-state index >= 15 is 0 Å². The molecule has 1 aliphatic rings. The quantitative estimate of drug-likeness (QED) is 0.355. The van der Waals surface area contributed by atoms with E-state index < -0.39 is 11.4 Å². The first-order chi connectivity index (χ1) is 15.0. The van der Waals surface area contributed by atoms with Crippen molar-refractivity contribution >= 4 is 17.4 Å². The number of aliphatic hydroxyl groups is 1. The zero-order chi connectivity index (χ0) is 24.6. The van der Waals surface area contributed by atoms with Crippen LogP contribution < -0.4 is 10.6 Å². The summed E-state index contributed by atoms with van der Waals surface area (Å²) < 4.78 is 15.7. The van der Waals surface area contributed by atoms with Gasteiger partial charge >= 0.3 is 0 Å². The van der Waals surface area contributed by atoms with Crippen LogP contribution in [0.25, 0.3) is 0 Å². The highest BCUT2D eigenvalue weighted by Gasteiger charge is 2.49. The first kappa shape index (κ1) is 27.0. The molecule has 0 radical (unpaired) electrons. The SMILES string of the molecule is CC/C(C)=C(/CNC1=C(Nc2cccc(C(=O)N(C)C)c2O)C(=O)C1(C)O)OC.CCF. The number of rotatable bonds is 8. The second-order valence-electron chi connectivity index (χ2n) is 7.56. The molecule has 0 bridgehead atoms. The number of Topliss-reactive ketones (excluding diaryl/α,β-unsaturated/α-hetero) is 1. The molecule has 1 amide bonds. The summed E-state index contributed by atoms with van der Waals surface area (Å²) in [5, 5.41) is 26.9. The third kappa shape index (κ3) is 5.79. The van der Waals surface area contributed by atoms with Crippen molar-refractivity contribution in [1.82, 2.24) is 10.2 Å². The summed E-state index contributed by atoms with van der Waals surface area (Å²) >= 11 is 0. The summed E-state index contributed by atoms with van der Waals surface area (Å²) in [5.74, 6) is -0.429. The predicted molar refractivity (Wildman–Crippen MR) is 122 cm³/mol. The molecule has 1 atom stereocenters. The van der Waals surface area contributed by atoms with E-state index in [0.717, 1.165) is 17.8 Å². The average Bonchev–Trinajstić information content (AvgIpc) is 2.75. The third-order valence-corrected chi connectivity index (χ3v) is 5.02. The second kappa shape index (κ2) is 11.5. The van der Waals surface area contributed by atoms with E-state index in [-0.39, 0.29) is 35.3 Å². The largest absolute Gasteiger partial charge is 0.505 e. The number of alkyl halides is 1. The number of benzene rings is 1. The zero-order valence-electron chi connectivity index (χ0n) is 19.8. The fourth-order valence-corrected chi connectivity index (χ4v) is 2.99. The smallest absolute Gasteiger partial charge is 0.257 e. The molecule has 0 aliphatic heterocycles. The fraction of sp³-hybridized carbons (Fsp3) is 0.478. The lowest BCUT2D eigenvalue weighted by Crippen LogP contribution is -2.55. The number of anilines is 1. The van der Waals surface area contributed by atoms with Gasteiger partial charge in [0.2, 0.25) is 5.78 Å². The highest BCUT2D eigenvalue weighted by atomic mass is 19.1. The number of hydrogen-bond acceptors (Lipinski definition) is 7. The molecule has 1 aliphatic carbocycles. The summed E-state index contributed by atoms with van der Waals surface area (Å²) in [6.07, 6.45) is 0.810. The van der Waals surface area contributed by atoms with Gasteiger partial charge in [-0.05, 0) is 44.9 Å². The van der Waals surface area contributed by atoms with Crippen molar-refractivity contribution in [3.63, 3.8) is 0 Å². The fourth-order valence-electron chi connectivity index (χ4n) is 2.99. The average molecular weight is 452 g/mol. The minimum Gasteiger partial charge on any atom is -0.505 e. The summed E-state index contributed by atoms with van der Waals surface area (Å²) in [4.78, 5) is 26.0. The van der Waals surface area contributed by atoms with Crippen LogP contribution >= 0.6 is 0 Å². The number of carbonyl (C=O) groups excluding carboxylic acids is 2. The van der Waals surface area contributed by atoms with Crippen LogP contribution in [0.15, 0.2) is 40.9 Å². The van der Waals surface area contributed by atoms with Crippen LogP contribution in [0.4, 0.5) is 10.1 Å². The number of allylic oxidation sites excluding steroid dienone is 1. The van der Waals surface area contributed by atoms with E-state index in [0.29, 0.717) is 12.2 Å². The van der Waals surface area contributed by atoms with Crippen molar-refractivity contribution in [1.29, 1.82) is 0 Å². The molecule has 2 rings (SSSR count). The number of aromatic hydroxyl groups is 1. The number of amides is 1. The van der Waals surface area contributed by atoms with Gasteiger partial charge in [0.05, 0.1) is 37.3 Å². The zero-order valence-corrected chi connectivity index (χ0v) is 19.8. The molecule has 0 aromatic heterocycles. The molecule has 1 aromatic carbocycles. The molecule has 0 fully saturated rings. The van der Waals surface area contributed by atoms with E-state index in [2.05, 4.69) is 10.6 Å². The Hall–Kier alpha value is -3.07. The van der Waals surface area contributed by atoms with Crippen LogP contribution in [0.3, 0.4) is 0 Å². The molecule has 0 saturated carbocycles. The number of carbonyl (C=O) groups is 2. The molecule has 9 heteroatoms. The number of phenols is 1. The Morgan fingerprint density at radius 3 is 2.38 bits per heavy atom. The Kier molecular flexibility index (Phi) is 9.71. The summed E-state index contributed by atoms with van der Waals surface area (Å²) in [6, 6.07) is 4.65. The van der Waals surface area contributed by atoms with Gasteiger partial charge in [-0.3, -0.25) is 14.0 Å². The standard InChI is InChI=1S/C21H29N3O5.C2H5F/c1-7-12(2)15(29-6)11-22-18-16(19(26)21(18,3)28)23-14-10-8-9-13(17(14)25)20(27)24(4)5;1-2-3/h8-10,22-23,25,28H,7,11H2,1-6H3;2H2,1H3/b15-12-;. The minimum absolute atomic E-state index is 0.108. The lowest BCUT2D eigenvalue weighted by Gasteiger charge is -2.38. The van der Waals surface area contributed by atoms with Crippen LogP contribution in [-0.4, -0.2) is 66.8 Å². The van der Waals surface area contributed by atoms with Gasteiger partial charge in [-0.25, -0.2) is 0 Å². The van der Waals surface area contributed by atoms with Gasteiger partial charge in [0.25, 0.3) is 5.91 Å². The summed E-state index contributed by atoms with van der Waals surface area (Å²) in [6.45, 7) is 6.86. The van der Waals surface area contributed by atoms with Gasteiger partial charge < -0.3 is 30.5 Å². The number of ether oxygens (including phenoxy) is 1. The number of hydrogen-bond donors (Lipinski definition) is 4. The van der Waals surface area contributed by atoms with Crippen molar-refractivity contribution in [2.24, 2.45) is 0 Å². The molecular formula is C23H34FN3O5. The van der Waals surface area contributed by atoms with E-state index in [1.54, 1.807) is 33.3 Å². The van der Waals surface area contributed by atoms with E-state index in [4.69, 9.17) is 4.74 Å². The van der Waals surface area contributed by atoms with Gasteiger partial charge in [0.15, 0.2) is 11.4 Å². The maximum atomic E-state index is 12.4. The lowest BCUT2D eigenvalue weighted by molar-refractivity contribution is -0.132. The molecule has 8 nitrogen and oxygen atoms in total. The minimum atomic E-state index is -1.67. The highest BCUT2D eigenvalue weighted by molar-refractivity contribution is 6.14. The Morgan fingerprint density at radius 1 is 1.28 bits per heavy atom. The molecule has 178 valence electrons. The Balaban J connectivity index is 0.00000161. The van der Waals surface area contributed by atoms with Crippen LogP contribution in [0.2, 0.25) is 0 Å². The number of nitrogens with zero attached hydrogens (tertiary/aromatic N) is 1. The van der Waals surface area contributed by atoms with Gasteiger partial charge in [-0.15, -0.1) is 0 Å². The maximum absolute atomic E-state index is 12.4. The van der Waals surface area contributed by atoms with Crippen LogP contribution in [0.5, 0.6) is 5.75 Å². The molecule has 4 N–H and O–H groups in total. The van der Waals surface area contributed by atoms with Gasteiger partial charge in [0.1, 0.15) is 11.5 Å². The van der Waals surface area contributed by atoms with E-state index in [1.165, 1.54) is 24.8 Å². The van der Waals surface area contributed by atoms with Gasteiger partial charge in [0, 0.05) is 14.1 Å². The predicted octanol–water partition coefficient (Wildman–Crippen LogP) is 2.95. The number of methoxy groups -OCH3 is 1. The molecule has 32 heavy (non-hydrogen) atoms. The maximum Gasteiger partial charge on any atom is 0.257 e. The number of para-hydroxylation sites is 1. The number of phenolic OH excluding ortho intramolecular Hbond substituents is 1. The second-order valence-corrected chi connectivity index (χ2v) is 7.56. The van der Waals surface area contributed by atoms with Crippen molar-refractivity contribution in [2.45, 2.75) is 39.7 Å². The Labute approximate surface area is 188 Å². The topological polar surface area (TPSA) is 111 Å². The number of nitrogens with one attached hydrogen (secondary N) is 2. The molecular weight excluding hydrogens is 417 g/mol. The highest BCUT2D eigenvalue weighted by Crippen LogP contribution is 2.37. The van der Waals surface area contributed by atoms with Gasteiger partial charge in [-0.2, -0.15) is 0 Å². The monoisotopic (exact) mass is 451 g/mol. The van der Waals surface area contributed by atoms with E-state index in [9.17, 15) is 24.2 Å². The van der Waals surface area contributed by atoms with Crippen molar-refractivity contribution < 1.29 is 28.9 Å². The summed E-state index contributed by atoms with van der Waals surface area (Å²) in [5.41, 5.74) is 0.107. The summed E-state index contributed by atoms with van der Waals surface area (Å²) in [7, 11) is 4.73. The normalized spacial score (nSPS) is 18.1. The van der Waals surface area contributed by atoms with Gasteiger partial charge in [-0.1, -0.05) is 13.0 Å². The first-order valence-electron chi connectivity index (χ1n) is 10.3. The lowest BCUT2D eigenvalue weighted by atomic mass is 9.81. The molecule has 1 aromatic rings. The molecule has 0 spiro atoms. The van der Waals surface area contributed by atoms with Crippen molar-refractivity contribution in [3.8, 4) is 5.75 Å². The third-order valence-electron chi connectivity index (χ3n) is 5.02. The Morgan fingerprint density at radius 2 is 1.88 bits per heavy atom. The van der Waals surface area contributed by atoms with Crippen molar-refractivity contribution in [2.75, 3.05) is 39.7 Å². The molecule has 0 heterocycles. The van der Waals surface area contributed by atoms with Crippen LogP contribution in [0, 0.1) is 0 Å². The molecule has 1 unspecified atom stereocenters. The number of ketones is 1. The van der Waals surface area contributed by atoms with E-state index in [1.807, 2.05) is 13.8 Å². The van der Waals surface area contributed by atoms with Crippen molar-refractivity contribution in [3.05, 3.63) is 46.5 Å². The van der Waals surface area contributed by atoms with Crippen LogP contribution in [-0.2, 0) is 9.53 Å².